The second-order valence-electron chi connectivity index (χ2n) is 6.73. The predicted octanol–water partition coefficient (Wildman–Crippen LogP) is 1.65. The van der Waals surface area contributed by atoms with Gasteiger partial charge in [0, 0.05) is 26.2 Å². The molecule has 1 aromatic carbocycles. The second kappa shape index (κ2) is 5.63. The van der Waals surface area contributed by atoms with Gasteiger partial charge in [0.1, 0.15) is 12.4 Å². The van der Waals surface area contributed by atoms with Crippen LogP contribution >= 0.6 is 0 Å². The standard InChI is InChI=1S/C17H21FN2O2/c18-14-5-3-13(4-6-14)8-20-15-9-19(7-12-1-2-12)10-16(15)22-11-17(20)21/h3-6,12,15-16H,1-2,7-11H2/t15-,16+/m1/s1. The lowest BCUT2D eigenvalue weighted by molar-refractivity contribution is -0.153. The van der Waals surface area contributed by atoms with Crippen LogP contribution in [0.4, 0.5) is 4.39 Å². The highest BCUT2D eigenvalue weighted by atomic mass is 19.1. The minimum atomic E-state index is -0.244. The van der Waals surface area contributed by atoms with Gasteiger partial charge in [-0.15, -0.1) is 0 Å². The van der Waals surface area contributed by atoms with Crippen LogP contribution < -0.4 is 0 Å². The topological polar surface area (TPSA) is 32.8 Å². The van der Waals surface area contributed by atoms with Gasteiger partial charge in [0.15, 0.2) is 0 Å². The van der Waals surface area contributed by atoms with Crippen LogP contribution in [0, 0.1) is 11.7 Å². The number of benzene rings is 1. The van der Waals surface area contributed by atoms with Crippen molar-refractivity contribution in [3.05, 3.63) is 35.6 Å². The number of hydrogen-bond donors (Lipinski definition) is 0. The fourth-order valence-electron chi connectivity index (χ4n) is 3.55. The summed E-state index contributed by atoms with van der Waals surface area (Å²) in [5.41, 5.74) is 0.969. The van der Waals surface area contributed by atoms with Gasteiger partial charge in [0.2, 0.25) is 5.91 Å². The number of ether oxygens (including phenoxy) is 1. The van der Waals surface area contributed by atoms with Gasteiger partial charge in [-0.2, -0.15) is 0 Å². The van der Waals surface area contributed by atoms with E-state index in [9.17, 15) is 9.18 Å². The average molecular weight is 304 g/mol. The molecule has 22 heavy (non-hydrogen) atoms. The zero-order chi connectivity index (χ0) is 15.1. The zero-order valence-electron chi connectivity index (χ0n) is 12.6. The molecule has 4 rings (SSSR count). The summed E-state index contributed by atoms with van der Waals surface area (Å²) in [6.45, 7) is 3.66. The number of likely N-dealkylation sites (tertiary alicyclic amines) is 1. The van der Waals surface area contributed by atoms with E-state index in [-0.39, 0.29) is 30.5 Å². The van der Waals surface area contributed by atoms with E-state index >= 15 is 0 Å². The Kier molecular flexibility index (Phi) is 3.62. The summed E-state index contributed by atoms with van der Waals surface area (Å²) < 4.78 is 18.8. The molecule has 2 atom stereocenters. The van der Waals surface area contributed by atoms with Gasteiger partial charge in [0.25, 0.3) is 0 Å². The van der Waals surface area contributed by atoms with Crippen molar-refractivity contribution in [3.63, 3.8) is 0 Å². The van der Waals surface area contributed by atoms with E-state index in [0.29, 0.717) is 6.54 Å². The molecule has 1 aliphatic carbocycles. The molecule has 0 spiro atoms. The third-order valence-electron chi connectivity index (χ3n) is 4.93. The maximum absolute atomic E-state index is 13.0. The molecule has 0 N–H and O–H groups in total. The van der Waals surface area contributed by atoms with Gasteiger partial charge < -0.3 is 9.64 Å². The summed E-state index contributed by atoms with van der Waals surface area (Å²) in [6, 6.07) is 6.54. The lowest BCUT2D eigenvalue weighted by atomic mass is 10.1. The molecule has 2 saturated heterocycles. The van der Waals surface area contributed by atoms with E-state index in [4.69, 9.17) is 4.74 Å². The van der Waals surface area contributed by atoms with E-state index in [1.165, 1.54) is 25.0 Å². The maximum atomic E-state index is 13.0. The van der Waals surface area contributed by atoms with Gasteiger partial charge in [-0.1, -0.05) is 12.1 Å². The molecule has 1 aromatic rings. The number of nitrogens with zero attached hydrogens (tertiary/aromatic N) is 2. The fraction of sp³-hybridized carbons (Fsp3) is 0.588. The average Bonchev–Trinajstić information content (AvgIpc) is 3.22. The molecule has 3 fully saturated rings. The summed E-state index contributed by atoms with van der Waals surface area (Å²) in [5.74, 6) is 0.645. The van der Waals surface area contributed by atoms with Crippen LogP contribution in [-0.4, -0.2) is 54.1 Å². The number of fused-ring (bicyclic) bond motifs is 1. The number of morpholine rings is 1. The quantitative estimate of drug-likeness (QED) is 0.848. The second-order valence-corrected chi connectivity index (χ2v) is 6.73. The Hall–Kier alpha value is -1.46. The Bertz CT molecular complexity index is 558. The van der Waals surface area contributed by atoms with Crippen molar-refractivity contribution in [2.24, 2.45) is 5.92 Å². The summed E-state index contributed by atoms with van der Waals surface area (Å²) in [7, 11) is 0. The molecule has 2 aliphatic heterocycles. The van der Waals surface area contributed by atoms with Gasteiger partial charge >= 0.3 is 0 Å². The fourth-order valence-corrected chi connectivity index (χ4v) is 3.55. The molecular weight excluding hydrogens is 283 g/mol. The van der Waals surface area contributed by atoms with E-state index in [0.717, 1.165) is 31.1 Å². The number of hydrogen-bond acceptors (Lipinski definition) is 3. The molecule has 0 unspecified atom stereocenters. The van der Waals surface area contributed by atoms with Crippen molar-refractivity contribution in [3.8, 4) is 0 Å². The number of rotatable bonds is 4. The van der Waals surface area contributed by atoms with E-state index in [1.807, 2.05) is 4.90 Å². The van der Waals surface area contributed by atoms with Crippen molar-refractivity contribution >= 4 is 5.91 Å². The van der Waals surface area contributed by atoms with Crippen LogP contribution in [0.5, 0.6) is 0 Å². The molecule has 1 saturated carbocycles. The van der Waals surface area contributed by atoms with Crippen LogP contribution in [0.15, 0.2) is 24.3 Å². The highest BCUT2D eigenvalue weighted by Gasteiger charge is 2.43. The number of carbonyl (C=O) groups is 1. The monoisotopic (exact) mass is 304 g/mol. The lowest BCUT2D eigenvalue weighted by Gasteiger charge is -2.36. The third kappa shape index (κ3) is 2.88. The largest absolute Gasteiger partial charge is 0.365 e. The minimum absolute atomic E-state index is 0.0406. The predicted molar refractivity (Wildman–Crippen MR) is 79.6 cm³/mol. The Labute approximate surface area is 129 Å². The first-order chi connectivity index (χ1) is 10.7. The van der Waals surface area contributed by atoms with E-state index in [2.05, 4.69) is 4.90 Å². The first-order valence-corrected chi connectivity index (χ1v) is 8.07. The molecule has 0 radical (unpaired) electrons. The van der Waals surface area contributed by atoms with Crippen molar-refractivity contribution in [2.45, 2.75) is 31.5 Å². The number of halogens is 1. The third-order valence-corrected chi connectivity index (χ3v) is 4.93. The highest BCUT2D eigenvalue weighted by Crippen LogP contribution is 2.33. The van der Waals surface area contributed by atoms with Gasteiger partial charge in [-0.05, 0) is 36.5 Å². The molecule has 0 bridgehead atoms. The zero-order valence-corrected chi connectivity index (χ0v) is 12.6. The van der Waals surface area contributed by atoms with Crippen molar-refractivity contribution in [2.75, 3.05) is 26.2 Å². The number of carbonyl (C=O) groups excluding carboxylic acids is 1. The van der Waals surface area contributed by atoms with Crippen LogP contribution in [0.2, 0.25) is 0 Å². The van der Waals surface area contributed by atoms with Gasteiger partial charge in [0.05, 0.1) is 12.1 Å². The SMILES string of the molecule is O=C1CO[C@H]2CN(CC3CC3)C[C@H]2N1Cc1ccc(F)cc1. The Balaban J connectivity index is 1.46. The maximum Gasteiger partial charge on any atom is 0.249 e. The van der Waals surface area contributed by atoms with Crippen molar-refractivity contribution in [1.29, 1.82) is 0 Å². The van der Waals surface area contributed by atoms with Crippen molar-refractivity contribution in [1.82, 2.24) is 9.80 Å². The van der Waals surface area contributed by atoms with Crippen LogP contribution in [-0.2, 0) is 16.1 Å². The summed E-state index contributed by atoms with van der Waals surface area (Å²) in [5, 5.41) is 0. The summed E-state index contributed by atoms with van der Waals surface area (Å²) >= 11 is 0. The van der Waals surface area contributed by atoms with Crippen LogP contribution in [0.3, 0.4) is 0 Å². The normalized spacial score (nSPS) is 29.0. The molecule has 118 valence electrons. The minimum Gasteiger partial charge on any atom is -0.365 e. The summed E-state index contributed by atoms with van der Waals surface area (Å²) in [4.78, 5) is 16.6. The Morgan fingerprint density at radius 2 is 1.95 bits per heavy atom. The first-order valence-electron chi connectivity index (χ1n) is 8.07. The smallest absolute Gasteiger partial charge is 0.249 e. The molecule has 5 heteroatoms. The molecule has 1 amide bonds. The first kappa shape index (κ1) is 14.2. The van der Waals surface area contributed by atoms with Crippen molar-refractivity contribution < 1.29 is 13.9 Å². The van der Waals surface area contributed by atoms with Gasteiger partial charge in [-0.3, -0.25) is 9.69 Å². The van der Waals surface area contributed by atoms with Crippen LogP contribution in [0.1, 0.15) is 18.4 Å². The van der Waals surface area contributed by atoms with E-state index < -0.39 is 0 Å². The van der Waals surface area contributed by atoms with E-state index in [1.54, 1.807) is 12.1 Å². The summed E-state index contributed by atoms with van der Waals surface area (Å²) in [6.07, 6.45) is 2.80. The lowest BCUT2D eigenvalue weighted by Crippen LogP contribution is -2.53. The van der Waals surface area contributed by atoms with Crippen LogP contribution in [0.25, 0.3) is 0 Å². The molecular formula is C17H21FN2O2. The molecule has 2 heterocycles. The highest BCUT2D eigenvalue weighted by molar-refractivity contribution is 5.78. The molecule has 0 aromatic heterocycles. The Morgan fingerprint density at radius 1 is 1.18 bits per heavy atom. The molecule has 4 nitrogen and oxygen atoms in total. The van der Waals surface area contributed by atoms with Gasteiger partial charge in [-0.25, -0.2) is 4.39 Å². The Morgan fingerprint density at radius 3 is 2.68 bits per heavy atom. The number of amides is 1. The molecule has 3 aliphatic rings.